The van der Waals surface area contributed by atoms with Crippen LogP contribution in [0, 0.1) is 11.8 Å². The van der Waals surface area contributed by atoms with Crippen LogP contribution in [0.5, 0.6) is 5.75 Å². The molecule has 1 aromatic carbocycles. The third kappa shape index (κ3) is 4.14. The molecular formula is C27H29N3O10. The van der Waals surface area contributed by atoms with Gasteiger partial charge in [0.25, 0.3) is 5.91 Å². The first-order chi connectivity index (χ1) is 18.7. The molecule has 3 aliphatic rings. The van der Waals surface area contributed by atoms with Gasteiger partial charge >= 0.3 is 5.97 Å². The lowest BCUT2D eigenvalue weighted by Crippen LogP contribution is -2.64. The number of hydrogen-bond acceptors (Lipinski definition) is 11. The Balaban J connectivity index is 1.97. The number of carbonyl (C=O) groups is 5. The number of aromatic hydroxyl groups is 1. The van der Waals surface area contributed by atoms with Crippen molar-refractivity contribution in [1.29, 1.82) is 0 Å². The molecule has 2 amide bonds. The Bertz CT molecular complexity index is 1460. The summed E-state index contributed by atoms with van der Waals surface area (Å²) in [5, 5.41) is 47.4. The highest BCUT2D eigenvalue weighted by molar-refractivity contribution is 6.23. The SMILES string of the molecule is C=C1c2ccc(NC(=O)CN(C)C)c(O)c2C(O)=C2C(=O)[C@]3(O)C(O)=C(C(N)=O)C(=O)C[C@@H]3[C@@H](OC(=O)CC)[C@H]12. The quantitative estimate of drug-likeness (QED) is 0.160. The van der Waals surface area contributed by atoms with Crippen molar-refractivity contribution in [1.82, 2.24) is 4.90 Å². The van der Waals surface area contributed by atoms with E-state index >= 15 is 0 Å². The zero-order valence-electron chi connectivity index (χ0n) is 22.0. The third-order valence-electron chi connectivity index (χ3n) is 7.37. The number of anilines is 1. The summed E-state index contributed by atoms with van der Waals surface area (Å²) >= 11 is 0. The fraction of sp³-hybridized carbons (Fsp3) is 0.370. The molecule has 1 fully saturated rings. The number of ketones is 2. The number of amides is 2. The highest BCUT2D eigenvalue weighted by Crippen LogP contribution is 2.56. The number of nitrogens with two attached hydrogens (primary N) is 1. The minimum Gasteiger partial charge on any atom is -0.508 e. The fourth-order valence-corrected chi connectivity index (χ4v) is 5.57. The van der Waals surface area contributed by atoms with Crippen molar-refractivity contribution in [2.24, 2.45) is 17.6 Å². The van der Waals surface area contributed by atoms with Crippen molar-refractivity contribution in [3.63, 3.8) is 0 Å². The van der Waals surface area contributed by atoms with Crippen LogP contribution in [-0.2, 0) is 28.7 Å². The van der Waals surface area contributed by atoms with Gasteiger partial charge in [-0.25, -0.2) is 0 Å². The average Bonchev–Trinajstić information content (AvgIpc) is 2.86. The summed E-state index contributed by atoms with van der Waals surface area (Å²) in [6.07, 6.45) is -2.33. The first-order valence-electron chi connectivity index (χ1n) is 12.3. The Morgan fingerprint density at radius 1 is 1.20 bits per heavy atom. The van der Waals surface area contributed by atoms with Gasteiger partial charge in [-0.2, -0.15) is 0 Å². The van der Waals surface area contributed by atoms with E-state index in [4.69, 9.17) is 10.5 Å². The maximum absolute atomic E-state index is 13.9. The maximum Gasteiger partial charge on any atom is 0.305 e. The largest absolute Gasteiger partial charge is 0.508 e. The van der Waals surface area contributed by atoms with Crippen molar-refractivity contribution in [3.05, 3.63) is 46.7 Å². The van der Waals surface area contributed by atoms with Gasteiger partial charge in [-0.05, 0) is 31.3 Å². The standard InChI is InChI=1S/C27H29N3O10/c1-5-16(33)40-23-12-8-14(31)19(26(28)38)24(36)27(12,39)25(37)20-17(23)10(2)11-6-7-13(21(34)18(11)22(20)35)29-15(32)9-30(3)4/h6-7,12,17,23,34-36,39H,2,5,8-9H2,1,3-4H3,(H2,28,38)(H,29,32)/t12-,17-,23-,27-/m1/s1. The highest BCUT2D eigenvalue weighted by Gasteiger charge is 2.66. The Kier molecular flexibility index (Phi) is 7.07. The smallest absolute Gasteiger partial charge is 0.305 e. The lowest BCUT2D eigenvalue weighted by molar-refractivity contribution is -0.174. The van der Waals surface area contributed by atoms with Crippen molar-refractivity contribution in [2.75, 3.05) is 26.0 Å². The van der Waals surface area contributed by atoms with Crippen LogP contribution in [0.3, 0.4) is 0 Å². The number of benzene rings is 1. The molecule has 1 saturated carbocycles. The third-order valence-corrected chi connectivity index (χ3v) is 7.37. The molecule has 3 aliphatic carbocycles. The van der Waals surface area contributed by atoms with E-state index < -0.39 is 87.7 Å². The van der Waals surface area contributed by atoms with Gasteiger partial charge in [-0.3, -0.25) is 24.0 Å². The van der Waals surface area contributed by atoms with Gasteiger partial charge in [0.1, 0.15) is 23.2 Å². The van der Waals surface area contributed by atoms with E-state index in [-0.39, 0.29) is 35.4 Å². The van der Waals surface area contributed by atoms with Gasteiger partial charge in [0, 0.05) is 18.8 Å². The lowest BCUT2D eigenvalue weighted by Gasteiger charge is -2.50. The molecule has 13 heteroatoms. The Labute approximate surface area is 228 Å². The molecule has 212 valence electrons. The van der Waals surface area contributed by atoms with E-state index in [1.165, 1.54) is 19.1 Å². The van der Waals surface area contributed by atoms with E-state index in [9.17, 15) is 44.4 Å². The molecular weight excluding hydrogens is 526 g/mol. The van der Waals surface area contributed by atoms with Crippen molar-refractivity contribution >= 4 is 46.4 Å². The number of phenolic OH excluding ortho intramolecular Hbond substituents is 1. The number of rotatable bonds is 6. The van der Waals surface area contributed by atoms with Crippen LogP contribution >= 0.6 is 0 Å². The molecule has 13 nitrogen and oxygen atoms in total. The van der Waals surface area contributed by atoms with Crippen molar-refractivity contribution < 1.29 is 49.1 Å². The molecule has 0 radical (unpaired) electrons. The molecule has 4 atom stereocenters. The topological polar surface area (TPSA) is 217 Å². The van der Waals surface area contributed by atoms with Gasteiger partial charge in [0.15, 0.2) is 17.1 Å². The monoisotopic (exact) mass is 555 g/mol. The van der Waals surface area contributed by atoms with Gasteiger partial charge in [-0.1, -0.05) is 19.6 Å². The Hall–Kier alpha value is -4.49. The molecule has 7 N–H and O–H groups in total. The normalized spacial score (nSPS) is 25.8. The van der Waals surface area contributed by atoms with E-state index in [1.54, 1.807) is 19.0 Å². The summed E-state index contributed by atoms with van der Waals surface area (Å²) in [5.74, 6) is -10.6. The Morgan fingerprint density at radius 3 is 2.42 bits per heavy atom. The van der Waals surface area contributed by atoms with Crippen LogP contribution in [0.25, 0.3) is 11.3 Å². The van der Waals surface area contributed by atoms with Crippen LogP contribution in [0.15, 0.2) is 35.6 Å². The number of fused-ring (bicyclic) bond motifs is 3. The number of nitrogens with zero attached hydrogens (tertiary/aromatic N) is 1. The predicted octanol–water partition coefficient (Wildman–Crippen LogP) is 0.326. The second-order valence-electron chi connectivity index (χ2n) is 10.2. The number of ether oxygens (including phenoxy) is 1. The van der Waals surface area contributed by atoms with E-state index in [0.717, 1.165) is 0 Å². The zero-order chi connectivity index (χ0) is 29.8. The zero-order valence-corrected chi connectivity index (χ0v) is 22.0. The summed E-state index contributed by atoms with van der Waals surface area (Å²) in [7, 11) is 3.32. The highest BCUT2D eigenvalue weighted by atomic mass is 16.5. The number of carbonyl (C=O) groups excluding carboxylic acids is 5. The van der Waals surface area contributed by atoms with Gasteiger partial charge < -0.3 is 41.1 Å². The van der Waals surface area contributed by atoms with E-state index in [2.05, 4.69) is 11.9 Å². The fourth-order valence-electron chi connectivity index (χ4n) is 5.57. The summed E-state index contributed by atoms with van der Waals surface area (Å²) in [6, 6.07) is 2.78. The number of nitrogens with one attached hydrogen (secondary N) is 1. The summed E-state index contributed by atoms with van der Waals surface area (Å²) in [5.41, 5.74) is 0.503. The van der Waals surface area contributed by atoms with Crippen LogP contribution < -0.4 is 11.1 Å². The molecule has 0 saturated heterocycles. The number of aliphatic hydroxyl groups excluding tert-OH is 2. The first-order valence-corrected chi connectivity index (χ1v) is 12.3. The lowest BCUT2D eigenvalue weighted by atomic mass is 9.56. The number of likely N-dealkylation sites (N-methyl/N-ethyl adjacent to an activating group) is 1. The number of esters is 1. The van der Waals surface area contributed by atoms with Crippen LogP contribution in [0.2, 0.25) is 0 Å². The summed E-state index contributed by atoms with van der Waals surface area (Å²) in [4.78, 5) is 64.9. The molecule has 0 bridgehead atoms. The van der Waals surface area contributed by atoms with Crippen LogP contribution in [0.1, 0.15) is 30.9 Å². The maximum atomic E-state index is 13.9. The van der Waals surface area contributed by atoms with Gasteiger partial charge in [0.05, 0.1) is 29.3 Å². The molecule has 0 aliphatic heterocycles. The molecule has 0 aromatic heterocycles. The second kappa shape index (κ2) is 9.92. The van der Waals surface area contributed by atoms with Crippen molar-refractivity contribution in [3.8, 4) is 5.75 Å². The van der Waals surface area contributed by atoms with Gasteiger partial charge in [-0.15, -0.1) is 0 Å². The van der Waals surface area contributed by atoms with Crippen molar-refractivity contribution in [2.45, 2.75) is 31.5 Å². The molecule has 4 rings (SSSR count). The molecule has 0 spiro atoms. The number of aliphatic hydroxyl groups is 3. The number of phenols is 1. The predicted molar refractivity (Wildman–Crippen MR) is 139 cm³/mol. The molecule has 0 unspecified atom stereocenters. The van der Waals surface area contributed by atoms with Crippen LogP contribution in [0.4, 0.5) is 5.69 Å². The van der Waals surface area contributed by atoms with E-state index in [1.807, 2.05) is 0 Å². The number of primary amides is 1. The molecule has 1 aromatic rings. The second-order valence-corrected chi connectivity index (χ2v) is 10.2. The summed E-state index contributed by atoms with van der Waals surface area (Å²) in [6.45, 7) is 5.46. The molecule has 0 heterocycles. The molecule has 40 heavy (non-hydrogen) atoms. The van der Waals surface area contributed by atoms with Gasteiger partial charge in [0.2, 0.25) is 11.7 Å². The van der Waals surface area contributed by atoms with Crippen LogP contribution in [-0.4, -0.2) is 87.0 Å². The van der Waals surface area contributed by atoms with E-state index in [0.29, 0.717) is 0 Å². The minimum atomic E-state index is -2.98. The first kappa shape index (κ1) is 28.5. The summed E-state index contributed by atoms with van der Waals surface area (Å²) < 4.78 is 5.58. The Morgan fingerprint density at radius 2 is 1.85 bits per heavy atom. The number of hydrogen-bond donors (Lipinski definition) is 6. The number of Topliss-reactive ketones (excluding diaryl/α,β-unsaturated/α-hetero) is 2. The minimum absolute atomic E-state index is 0.0255. The average molecular weight is 556 g/mol.